The Hall–Kier alpha value is -2.08. The Morgan fingerprint density at radius 2 is 2.35 bits per heavy atom. The van der Waals surface area contributed by atoms with Crippen LogP contribution in [0.4, 0.5) is 0 Å². The number of rotatable bonds is 5. The lowest BCUT2D eigenvalue weighted by Crippen LogP contribution is -2.35. The lowest BCUT2D eigenvalue weighted by Gasteiger charge is -2.26. The molecule has 0 saturated heterocycles. The number of ether oxygens (including phenoxy) is 1. The average molecular weight is 275 g/mol. The van der Waals surface area contributed by atoms with Crippen LogP contribution in [0.5, 0.6) is 5.75 Å². The number of imidazole rings is 1. The number of hydrogen-bond acceptors (Lipinski definition) is 4. The van der Waals surface area contributed by atoms with E-state index in [-0.39, 0.29) is 5.69 Å². The fourth-order valence-electron chi connectivity index (χ4n) is 2.38. The molecule has 1 saturated carbocycles. The van der Waals surface area contributed by atoms with Crippen molar-refractivity contribution in [3.8, 4) is 5.75 Å². The second-order valence-electron chi connectivity index (χ2n) is 5.01. The van der Waals surface area contributed by atoms with Gasteiger partial charge in [-0.05, 0) is 25.0 Å². The van der Waals surface area contributed by atoms with E-state index >= 15 is 0 Å². The van der Waals surface area contributed by atoms with E-state index in [1.165, 1.54) is 19.3 Å². The third-order valence-electron chi connectivity index (χ3n) is 3.78. The van der Waals surface area contributed by atoms with Gasteiger partial charge in [0.05, 0.1) is 25.4 Å². The quantitative estimate of drug-likeness (QED) is 0.868. The van der Waals surface area contributed by atoms with Gasteiger partial charge in [0.25, 0.3) is 0 Å². The minimum atomic E-state index is -1.01. The topological polar surface area (TPSA) is 75.9 Å². The van der Waals surface area contributed by atoms with E-state index < -0.39 is 5.97 Å². The fourth-order valence-corrected chi connectivity index (χ4v) is 2.38. The molecule has 1 aliphatic rings. The van der Waals surface area contributed by atoms with Gasteiger partial charge in [0, 0.05) is 6.04 Å². The zero-order valence-electron chi connectivity index (χ0n) is 11.3. The molecule has 0 spiro atoms. The summed E-state index contributed by atoms with van der Waals surface area (Å²) in [5, 5.41) is 12.6. The molecule has 6 heteroatoms. The van der Waals surface area contributed by atoms with Crippen molar-refractivity contribution in [2.75, 3.05) is 7.11 Å². The lowest BCUT2D eigenvalue weighted by molar-refractivity contribution is 0.0693. The maximum Gasteiger partial charge on any atom is 0.356 e. The number of pyridine rings is 1. The van der Waals surface area contributed by atoms with E-state index in [9.17, 15) is 9.90 Å². The van der Waals surface area contributed by atoms with Crippen LogP contribution in [-0.4, -0.2) is 33.6 Å². The number of carboxylic acids is 1. The molecule has 106 valence electrons. The molecule has 20 heavy (non-hydrogen) atoms. The van der Waals surface area contributed by atoms with E-state index in [4.69, 9.17) is 4.74 Å². The maximum atomic E-state index is 11.3. The highest BCUT2D eigenvalue weighted by molar-refractivity contribution is 5.93. The molecule has 0 aromatic carbocycles. The second kappa shape index (κ2) is 5.13. The molecule has 0 atom stereocenters. The van der Waals surface area contributed by atoms with E-state index in [2.05, 4.69) is 10.3 Å². The zero-order chi connectivity index (χ0) is 14.1. The Kier molecular flexibility index (Phi) is 3.31. The summed E-state index contributed by atoms with van der Waals surface area (Å²) in [6.45, 7) is 0.562. The lowest BCUT2D eigenvalue weighted by atomic mass is 9.93. The molecular weight excluding hydrogens is 258 g/mol. The Morgan fingerprint density at radius 3 is 2.95 bits per heavy atom. The van der Waals surface area contributed by atoms with Gasteiger partial charge in [-0.25, -0.2) is 9.78 Å². The average Bonchev–Trinajstić information content (AvgIpc) is 2.75. The predicted octanol–water partition coefficient (Wildman–Crippen LogP) is 1.68. The first kappa shape index (κ1) is 12.9. The summed E-state index contributed by atoms with van der Waals surface area (Å²) < 4.78 is 6.97. The van der Waals surface area contributed by atoms with Crippen molar-refractivity contribution < 1.29 is 14.6 Å². The Morgan fingerprint density at radius 1 is 1.55 bits per heavy atom. The summed E-state index contributed by atoms with van der Waals surface area (Å²) >= 11 is 0. The first-order valence-corrected chi connectivity index (χ1v) is 6.70. The Balaban J connectivity index is 1.97. The number of aromatic carboxylic acids is 1. The number of aromatic nitrogens is 2. The van der Waals surface area contributed by atoms with Gasteiger partial charge in [-0.1, -0.05) is 6.42 Å². The number of carboxylic acid groups (broad SMARTS) is 1. The molecule has 2 aromatic heterocycles. The molecule has 0 unspecified atom stereocenters. The molecule has 3 rings (SSSR count). The van der Waals surface area contributed by atoms with Gasteiger partial charge in [0.1, 0.15) is 11.6 Å². The van der Waals surface area contributed by atoms with Crippen LogP contribution in [0.2, 0.25) is 0 Å². The predicted molar refractivity (Wildman–Crippen MR) is 73.2 cm³/mol. The zero-order valence-corrected chi connectivity index (χ0v) is 11.3. The number of carbonyl (C=O) groups is 1. The molecule has 2 aromatic rings. The number of hydrogen-bond donors (Lipinski definition) is 2. The summed E-state index contributed by atoms with van der Waals surface area (Å²) in [5.41, 5.74) is 0.668. The molecule has 6 nitrogen and oxygen atoms in total. The summed E-state index contributed by atoms with van der Waals surface area (Å²) in [7, 11) is 1.59. The largest absolute Gasteiger partial charge is 0.495 e. The highest BCUT2D eigenvalue weighted by Gasteiger charge is 2.20. The van der Waals surface area contributed by atoms with Crippen LogP contribution in [0.1, 0.15) is 35.6 Å². The molecule has 1 fully saturated rings. The van der Waals surface area contributed by atoms with Crippen molar-refractivity contribution in [1.82, 2.24) is 14.7 Å². The van der Waals surface area contributed by atoms with E-state index in [0.717, 1.165) is 0 Å². The maximum absolute atomic E-state index is 11.3. The second-order valence-corrected chi connectivity index (χ2v) is 5.01. The third kappa shape index (κ3) is 2.22. The van der Waals surface area contributed by atoms with Crippen molar-refractivity contribution in [2.24, 2.45) is 0 Å². The summed E-state index contributed by atoms with van der Waals surface area (Å²) in [5.74, 6) is 0.363. The van der Waals surface area contributed by atoms with Crippen molar-refractivity contribution >= 4 is 11.5 Å². The molecule has 0 amide bonds. The Labute approximate surface area is 116 Å². The van der Waals surface area contributed by atoms with Gasteiger partial charge >= 0.3 is 5.97 Å². The summed E-state index contributed by atoms with van der Waals surface area (Å²) in [6.07, 6.45) is 5.39. The number of nitrogens with zero attached hydrogens (tertiary/aromatic N) is 2. The van der Waals surface area contributed by atoms with Crippen LogP contribution >= 0.6 is 0 Å². The van der Waals surface area contributed by atoms with Gasteiger partial charge in [-0.2, -0.15) is 0 Å². The monoisotopic (exact) mass is 275 g/mol. The minimum Gasteiger partial charge on any atom is -0.495 e. The van der Waals surface area contributed by atoms with Gasteiger partial charge < -0.3 is 15.2 Å². The highest BCUT2D eigenvalue weighted by Crippen LogP contribution is 2.21. The van der Waals surface area contributed by atoms with Gasteiger partial charge in [0.15, 0.2) is 5.69 Å². The van der Waals surface area contributed by atoms with Gasteiger partial charge in [-0.3, -0.25) is 4.40 Å². The fraction of sp³-hybridized carbons (Fsp3) is 0.429. The van der Waals surface area contributed by atoms with Crippen molar-refractivity contribution in [2.45, 2.75) is 31.8 Å². The van der Waals surface area contributed by atoms with Crippen LogP contribution < -0.4 is 10.1 Å². The first-order valence-electron chi connectivity index (χ1n) is 6.70. The molecular formula is C14H17N3O3. The normalized spacial score (nSPS) is 15.2. The van der Waals surface area contributed by atoms with Crippen LogP contribution in [0.3, 0.4) is 0 Å². The number of fused-ring (bicyclic) bond motifs is 1. The van der Waals surface area contributed by atoms with Gasteiger partial charge in [0.2, 0.25) is 0 Å². The van der Waals surface area contributed by atoms with Crippen molar-refractivity contribution in [3.63, 3.8) is 0 Å². The Bertz CT molecular complexity index is 646. The van der Waals surface area contributed by atoms with Crippen molar-refractivity contribution in [1.29, 1.82) is 0 Å². The third-order valence-corrected chi connectivity index (χ3v) is 3.78. The molecule has 0 radical (unpaired) electrons. The molecule has 2 heterocycles. The molecule has 0 aliphatic heterocycles. The minimum absolute atomic E-state index is 0.0815. The summed E-state index contributed by atoms with van der Waals surface area (Å²) in [4.78, 5) is 15.5. The van der Waals surface area contributed by atoms with Crippen LogP contribution in [0, 0.1) is 0 Å². The van der Waals surface area contributed by atoms with Crippen LogP contribution in [0.25, 0.3) is 5.52 Å². The smallest absolute Gasteiger partial charge is 0.356 e. The van der Waals surface area contributed by atoms with Gasteiger partial charge in [-0.15, -0.1) is 0 Å². The van der Waals surface area contributed by atoms with Crippen molar-refractivity contribution in [3.05, 3.63) is 29.8 Å². The highest BCUT2D eigenvalue weighted by atomic mass is 16.5. The molecule has 0 bridgehead atoms. The number of nitrogens with one attached hydrogen (secondary N) is 1. The van der Waals surface area contributed by atoms with E-state index in [0.29, 0.717) is 29.7 Å². The van der Waals surface area contributed by atoms with Crippen LogP contribution in [0.15, 0.2) is 18.3 Å². The van der Waals surface area contributed by atoms with E-state index in [1.807, 2.05) is 0 Å². The molecule has 1 aliphatic carbocycles. The van der Waals surface area contributed by atoms with E-state index in [1.54, 1.807) is 29.8 Å². The molecule has 2 N–H and O–H groups in total. The summed E-state index contributed by atoms with van der Waals surface area (Å²) in [6, 6.07) is 4.00. The standard InChI is InChI=1S/C14H17N3O3/c1-20-10-5-6-11-13(14(18)19)16-12(17(11)8-10)7-15-9-3-2-4-9/h5-6,8-9,15H,2-4,7H2,1H3,(H,18,19). The first-order chi connectivity index (χ1) is 9.69. The number of methoxy groups -OCH3 is 1. The SMILES string of the molecule is COc1ccc2c(C(=O)O)nc(CNC3CCC3)n2c1. The van der Waals surface area contributed by atoms with Crippen LogP contribution in [-0.2, 0) is 6.54 Å².